The number of piperidine rings is 1. The molecule has 1 atom stereocenters. The van der Waals surface area contributed by atoms with Gasteiger partial charge >= 0.3 is 0 Å². The van der Waals surface area contributed by atoms with Crippen LogP contribution in [0.15, 0.2) is 18.3 Å². The van der Waals surface area contributed by atoms with E-state index in [-0.39, 0.29) is 18.0 Å². The fraction of sp³-hybridized carbons (Fsp3) is 0.571. The molecule has 0 saturated carbocycles. The molecule has 0 unspecified atom stereocenters. The summed E-state index contributed by atoms with van der Waals surface area (Å²) in [4.78, 5) is 18.6. The van der Waals surface area contributed by atoms with Gasteiger partial charge in [0.2, 0.25) is 0 Å². The van der Waals surface area contributed by atoms with E-state index in [9.17, 15) is 4.79 Å². The molecule has 2 rings (SSSR count). The van der Waals surface area contributed by atoms with Crippen molar-refractivity contribution in [2.75, 3.05) is 18.4 Å². The van der Waals surface area contributed by atoms with E-state index in [1.165, 1.54) is 0 Å². The summed E-state index contributed by atoms with van der Waals surface area (Å²) in [6.45, 7) is 5.47. The van der Waals surface area contributed by atoms with Gasteiger partial charge in [0.05, 0.1) is 5.56 Å². The summed E-state index contributed by atoms with van der Waals surface area (Å²) < 4.78 is 0. The highest BCUT2D eigenvalue weighted by molar-refractivity contribution is 5.98. The normalized spacial score (nSPS) is 19.6. The van der Waals surface area contributed by atoms with Gasteiger partial charge in [-0.3, -0.25) is 4.79 Å². The molecule has 1 aliphatic rings. The Morgan fingerprint density at radius 2 is 2.37 bits per heavy atom. The van der Waals surface area contributed by atoms with Gasteiger partial charge in [0.1, 0.15) is 5.82 Å². The standard InChI is InChI=1S/C14H22N4O/c1-10(2)17-13-12(6-3-7-16-13)14(19)18-8-4-5-11(15)9-18/h3,6-7,10-11H,4-5,8-9,15H2,1-2H3,(H,16,17)/t11-/m1/s1. The zero-order valence-corrected chi connectivity index (χ0v) is 11.6. The van der Waals surface area contributed by atoms with Crippen LogP contribution < -0.4 is 11.1 Å². The second-order valence-electron chi connectivity index (χ2n) is 5.35. The van der Waals surface area contributed by atoms with Gasteiger partial charge in [-0.25, -0.2) is 4.98 Å². The summed E-state index contributed by atoms with van der Waals surface area (Å²) in [5, 5.41) is 3.21. The SMILES string of the molecule is CC(C)Nc1ncccc1C(=O)N1CCC[C@@H](N)C1. The first-order valence-electron chi connectivity index (χ1n) is 6.84. The fourth-order valence-corrected chi connectivity index (χ4v) is 2.33. The number of nitrogens with one attached hydrogen (secondary N) is 1. The number of nitrogens with two attached hydrogens (primary N) is 1. The summed E-state index contributed by atoms with van der Waals surface area (Å²) in [5.41, 5.74) is 6.56. The Bertz CT molecular complexity index is 447. The molecule has 1 fully saturated rings. The van der Waals surface area contributed by atoms with E-state index in [0.29, 0.717) is 17.9 Å². The first-order chi connectivity index (χ1) is 9.08. The molecule has 104 valence electrons. The Morgan fingerprint density at radius 1 is 1.58 bits per heavy atom. The molecule has 0 bridgehead atoms. The number of carbonyl (C=O) groups is 1. The number of rotatable bonds is 3. The Balaban J connectivity index is 2.18. The van der Waals surface area contributed by atoms with Gasteiger partial charge in [0.25, 0.3) is 5.91 Å². The van der Waals surface area contributed by atoms with Gasteiger partial charge < -0.3 is 16.0 Å². The van der Waals surface area contributed by atoms with Crippen LogP contribution in [0.1, 0.15) is 37.0 Å². The van der Waals surface area contributed by atoms with Crippen LogP contribution in [-0.2, 0) is 0 Å². The van der Waals surface area contributed by atoms with E-state index < -0.39 is 0 Å². The second kappa shape index (κ2) is 6.02. The molecule has 1 amide bonds. The number of carbonyl (C=O) groups excluding carboxylic acids is 1. The number of hydrogen-bond donors (Lipinski definition) is 2. The summed E-state index contributed by atoms with van der Waals surface area (Å²) in [6, 6.07) is 3.95. The minimum atomic E-state index is 0.0198. The number of likely N-dealkylation sites (tertiary alicyclic amines) is 1. The van der Waals surface area contributed by atoms with Crippen LogP contribution in [0.5, 0.6) is 0 Å². The highest BCUT2D eigenvalue weighted by Gasteiger charge is 2.24. The van der Waals surface area contributed by atoms with Crippen LogP contribution in [0.4, 0.5) is 5.82 Å². The van der Waals surface area contributed by atoms with E-state index >= 15 is 0 Å². The van der Waals surface area contributed by atoms with Crippen molar-refractivity contribution in [2.45, 2.75) is 38.8 Å². The zero-order valence-electron chi connectivity index (χ0n) is 11.6. The molecule has 3 N–H and O–H groups in total. The molecule has 5 nitrogen and oxygen atoms in total. The van der Waals surface area contributed by atoms with Crippen LogP contribution in [0.2, 0.25) is 0 Å². The Kier molecular flexibility index (Phi) is 4.37. The van der Waals surface area contributed by atoms with Crippen LogP contribution in [0.25, 0.3) is 0 Å². The number of nitrogens with zero attached hydrogens (tertiary/aromatic N) is 2. The third-order valence-corrected chi connectivity index (χ3v) is 3.21. The van der Waals surface area contributed by atoms with Crippen LogP contribution in [-0.4, -0.2) is 41.0 Å². The number of aromatic nitrogens is 1. The van der Waals surface area contributed by atoms with Crippen molar-refractivity contribution in [1.82, 2.24) is 9.88 Å². The van der Waals surface area contributed by atoms with E-state index in [1.807, 2.05) is 24.8 Å². The Morgan fingerprint density at radius 3 is 3.05 bits per heavy atom. The quantitative estimate of drug-likeness (QED) is 0.865. The Hall–Kier alpha value is -1.62. The van der Waals surface area contributed by atoms with Gasteiger partial charge in [0.15, 0.2) is 0 Å². The topological polar surface area (TPSA) is 71.2 Å². The molecule has 1 aromatic rings. The van der Waals surface area contributed by atoms with E-state index in [1.54, 1.807) is 12.3 Å². The number of anilines is 1. The molecule has 0 radical (unpaired) electrons. The monoisotopic (exact) mass is 262 g/mol. The van der Waals surface area contributed by atoms with Crippen molar-refractivity contribution in [3.05, 3.63) is 23.9 Å². The van der Waals surface area contributed by atoms with Crippen LogP contribution in [0, 0.1) is 0 Å². The predicted molar refractivity (Wildman–Crippen MR) is 76.1 cm³/mol. The molecule has 0 aromatic carbocycles. The highest BCUT2D eigenvalue weighted by Crippen LogP contribution is 2.18. The van der Waals surface area contributed by atoms with Crippen molar-refractivity contribution in [3.8, 4) is 0 Å². The van der Waals surface area contributed by atoms with Crippen LogP contribution >= 0.6 is 0 Å². The first-order valence-corrected chi connectivity index (χ1v) is 6.84. The largest absolute Gasteiger partial charge is 0.367 e. The first kappa shape index (κ1) is 13.8. The summed E-state index contributed by atoms with van der Waals surface area (Å²) in [7, 11) is 0. The van der Waals surface area contributed by atoms with Gasteiger partial charge in [-0.1, -0.05) is 0 Å². The highest BCUT2D eigenvalue weighted by atomic mass is 16.2. The lowest BCUT2D eigenvalue weighted by atomic mass is 10.1. The molecule has 1 saturated heterocycles. The molecular weight excluding hydrogens is 240 g/mol. The molecule has 1 aromatic heterocycles. The third kappa shape index (κ3) is 3.44. The van der Waals surface area contributed by atoms with Gasteiger partial charge in [-0.05, 0) is 38.8 Å². The van der Waals surface area contributed by atoms with E-state index in [2.05, 4.69) is 10.3 Å². The molecule has 5 heteroatoms. The summed E-state index contributed by atoms with van der Waals surface area (Å²) >= 11 is 0. The van der Waals surface area contributed by atoms with E-state index in [4.69, 9.17) is 5.73 Å². The molecule has 19 heavy (non-hydrogen) atoms. The van der Waals surface area contributed by atoms with Crippen molar-refractivity contribution in [3.63, 3.8) is 0 Å². The number of pyridine rings is 1. The molecule has 2 heterocycles. The van der Waals surface area contributed by atoms with Gasteiger partial charge in [-0.15, -0.1) is 0 Å². The maximum Gasteiger partial charge on any atom is 0.257 e. The minimum absolute atomic E-state index is 0.0198. The predicted octanol–water partition coefficient (Wildman–Crippen LogP) is 1.47. The van der Waals surface area contributed by atoms with Crippen LogP contribution in [0.3, 0.4) is 0 Å². The number of amides is 1. The molecule has 0 spiro atoms. The average Bonchev–Trinajstić information content (AvgIpc) is 2.38. The Labute approximate surface area is 114 Å². The van der Waals surface area contributed by atoms with Gasteiger partial charge in [0, 0.05) is 31.4 Å². The average molecular weight is 262 g/mol. The molecule has 0 aliphatic carbocycles. The smallest absolute Gasteiger partial charge is 0.257 e. The van der Waals surface area contributed by atoms with Crippen molar-refractivity contribution < 1.29 is 4.79 Å². The van der Waals surface area contributed by atoms with Crippen molar-refractivity contribution in [1.29, 1.82) is 0 Å². The lowest BCUT2D eigenvalue weighted by Gasteiger charge is -2.31. The molecule has 1 aliphatic heterocycles. The third-order valence-electron chi connectivity index (χ3n) is 3.21. The summed E-state index contributed by atoms with van der Waals surface area (Å²) in [5.74, 6) is 0.674. The van der Waals surface area contributed by atoms with Gasteiger partial charge in [-0.2, -0.15) is 0 Å². The lowest BCUT2D eigenvalue weighted by molar-refractivity contribution is 0.0709. The molecular formula is C14H22N4O. The maximum atomic E-state index is 12.5. The van der Waals surface area contributed by atoms with Crippen molar-refractivity contribution >= 4 is 11.7 Å². The van der Waals surface area contributed by atoms with Crippen molar-refractivity contribution in [2.24, 2.45) is 5.73 Å². The maximum absolute atomic E-state index is 12.5. The number of hydrogen-bond acceptors (Lipinski definition) is 4. The lowest BCUT2D eigenvalue weighted by Crippen LogP contribution is -2.45. The minimum Gasteiger partial charge on any atom is -0.367 e. The summed E-state index contributed by atoms with van der Waals surface area (Å²) in [6.07, 6.45) is 3.66. The zero-order chi connectivity index (χ0) is 13.8. The van der Waals surface area contributed by atoms with E-state index in [0.717, 1.165) is 19.4 Å². The second-order valence-corrected chi connectivity index (χ2v) is 5.35. The fourth-order valence-electron chi connectivity index (χ4n) is 2.33.